The number of methoxy groups -OCH3 is 2. The van der Waals surface area contributed by atoms with Crippen LogP contribution in [0, 0.1) is 0 Å². The van der Waals surface area contributed by atoms with E-state index in [0.29, 0.717) is 30.4 Å². The first kappa shape index (κ1) is 20.4. The summed E-state index contributed by atoms with van der Waals surface area (Å²) < 4.78 is 16.1. The third-order valence-corrected chi connectivity index (χ3v) is 4.22. The van der Waals surface area contributed by atoms with Gasteiger partial charge in [-0.2, -0.15) is 0 Å². The molecule has 2 aromatic carbocycles. The summed E-state index contributed by atoms with van der Waals surface area (Å²) >= 11 is 0. The van der Waals surface area contributed by atoms with Crippen molar-refractivity contribution in [2.45, 2.75) is 26.7 Å². The van der Waals surface area contributed by atoms with Crippen LogP contribution in [0.1, 0.15) is 25.0 Å². The van der Waals surface area contributed by atoms with Crippen LogP contribution >= 0.6 is 0 Å². The summed E-state index contributed by atoms with van der Waals surface area (Å²) in [6.07, 6.45) is 1.73. The van der Waals surface area contributed by atoms with Gasteiger partial charge in [-0.15, -0.1) is 0 Å². The minimum Gasteiger partial charge on any atom is -0.496 e. The molecule has 0 bridgehead atoms. The Kier molecular flexibility index (Phi) is 7.79. The average Bonchev–Trinajstić information content (AvgIpc) is 2.70. The van der Waals surface area contributed by atoms with Crippen LogP contribution < -0.4 is 24.8 Å². The van der Waals surface area contributed by atoms with Crippen LogP contribution in [-0.2, 0) is 12.8 Å². The second-order valence-corrected chi connectivity index (χ2v) is 5.94. The molecular weight excluding hydrogens is 344 g/mol. The molecule has 0 aliphatic carbocycles. The van der Waals surface area contributed by atoms with Crippen molar-refractivity contribution in [1.82, 2.24) is 5.32 Å². The second kappa shape index (κ2) is 10.3. The lowest BCUT2D eigenvalue weighted by Gasteiger charge is -2.15. The van der Waals surface area contributed by atoms with Crippen molar-refractivity contribution in [2.24, 2.45) is 0 Å². The van der Waals surface area contributed by atoms with Gasteiger partial charge in [0.05, 0.1) is 20.8 Å². The molecule has 0 heterocycles. The normalized spacial score (nSPS) is 10.2. The maximum absolute atomic E-state index is 12.2. The highest BCUT2D eigenvalue weighted by Crippen LogP contribution is 2.27. The number of ether oxygens (including phenoxy) is 3. The molecular formula is C21H28N2O4. The number of anilines is 1. The summed E-state index contributed by atoms with van der Waals surface area (Å²) in [6.45, 7) is 4.86. The fourth-order valence-corrected chi connectivity index (χ4v) is 2.76. The van der Waals surface area contributed by atoms with Crippen LogP contribution in [0.25, 0.3) is 0 Å². The van der Waals surface area contributed by atoms with Crippen LogP contribution in [0.2, 0.25) is 0 Å². The first-order valence-electron chi connectivity index (χ1n) is 9.12. The van der Waals surface area contributed by atoms with Gasteiger partial charge in [0.2, 0.25) is 0 Å². The van der Waals surface area contributed by atoms with Crippen molar-refractivity contribution in [3.8, 4) is 17.2 Å². The van der Waals surface area contributed by atoms with Crippen molar-refractivity contribution in [1.29, 1.82) is 0 Å². The van der Waals surface area contributed by atoms with E-state index in [9.17, 15) is 4.79 Å². The number of amides is 2. The Bertz CT molecular complexity index is 717. The molecule has 0 aliphatic rings. The second-order valence-electron chi connectivity index (χ2n) is 5.94. The number of hydrogen-bond acceptors (Lipinski definition) is 4. The van der Waals surface area contributed by atoms with Crippen LogP contribution in [0.4, 0.5) is 10.5 Å². The van der Waals surface area contributed by atoms with Crippen LogP contribution in [0.5, 0.6) is 17.2 Å². The minimum absolute atomic E-state index is 0.238. The van der Waals surface area contributed by atoms with Gasteiger partial charge in [0.15, 0.2) is 0 Å². The van der Waals surface area contributed by atoms with E-state index in [1.54, 1.807) is 32.4 Å². The highest BCUT2D eigenvalue weighted by Gasteiger charge is 2.09. The summed E-state index contributed by atoms with van der Waals surface area (Å²) in [4.78, 5) is 12.2. The Morgan fingerprint density at radius 1 is 0.926 bits per heavy atom. The maximum Gasteiger partial charge on any atom is 0.319 e. The first-order chi connectivity index (χ1) is 13.1. The van der Waals surface area contributed by atoms with E-state index in [2.05, 4.69) is 24.5 Å². The van der Waals surface area contributed by atoms with E-state index < -0.39 is 0 Å². The molecule has 146 valence electrons. The van der Waals surface area contributed by atoms with Gasteiger partial charge in [-0.25, -0.2) is 4.79 Å². The zero-order valence-electron chi connectivity index (χ0n) is 16.4. The number of nitrogens with one attached hydrogen (secondary N) is 2. The Balaban J connectivity index is 1.87. The summed E-state index contributed by atoms with van der Waals surface area (Å²) in [7, 11) is 3.17. The lowest BCUT2D eigenvalue weighted by molar-refractivity contribution is 0.247. The van der Waals surface area contributed by atoms with E-state index in [1.165, 1.54) is 0 Å². The molecule has 0 radical (unpaired) electrons. The highest BCUT2D eigenvalue weighted by atomic mass is 16.5. The summed E-state index contributed by atoms with van der Waals surface area (Å²) in [6, 6.07) is 11.2. The summed E-state index contributed by atoms with van der Waals surface area (Å²) in [5, 5.41) is 5.79. The third kappa shape index (κ3) is 5.81. The molecule has 0 fully saturated rings. The van der Waals surface area contributed by atoms with Gasteiger partial charge in [-0.05, 0) is 24.0 Å². The Morgan fingerprint density at radius 2 is 1.48 bits per heavy atom. The van der Waals surface area contributed by atoms with E-state index in [1.807, 2.05) is 18.2 Å². The predicted molar refractivity (Wildman–Crippen MR) is 107 cm³/mol. The van der Waals surface area contributed by atoms with E-state index >= 15 is 0 Å². The van der Waals surface area contributed by atoms with E-state index in [-0.39, 0.29) is 6.03 Å². The Morgan fingerprint density at radius 3 is 2.00 bits per heavy atom. The van der Waals surface area contributed by atoms with Crippen molar-refractivity contribution in [2.75, 3.05) is 32.7 Å². The number of carbonyl (C=O) groups is 1. The monoisotopic (exact) mass is 372 g/mol. The number of aryl methyl sites for hydroxylation is 2. The first-order valence-corrected chi connectivity index (χ1v) is 9.12. The Labute approximate surface area is 160 Å². The van der Waals surface area contributed by atoms with Gasteiger partial charge in [0.1, 0.15) is 23.9 Å². The molecule has 6 heteroatoms. The zero-order chi connectivity index (χ0) is 19.6. The SMILES string of the molecule is CCc1cccc(CC)c1NC(=O)NCCOc1cc(OC)cc(OC)c1. The smallest absolute Gasteiger partial charge is 0.319 e. The van der Waals surface area contributed by atoms with Crippen molar-refractivity contribution < 1.29 is 19.0 Å². The molecule has 0 saturated carbocycles. The molecule has 0 spiro atoms. The van der Waals surface area contributed by atoms with E-state index in [4.69, 9.17) is 14.2 Å². The molecule has 2 amide bonds. The average molecular weight is 372 g/mol. The lowest BCUT2D eigenvalue weighted by atomic mass is 10.0. The molecule has 0 aliphatic heterocycles. The molecule has 0 saturated heterocycles. The fraction of sp³-hybridized carbons (Fsp3) is 0.381. The quantitative estimate of drug-likeness (QED) is 0.652. The van der Waals surface area contributed by atoms with Crippen LogP contribution in [0.15, 0.2) is 36.4 Å². The summed E-state index contributed by atoms with van der Waals surface area (Å²) in [5.41, 5.74) is 3.16. The summed E-state index contributed by atoms with van der Waals surface area (Å²) in [5.74, 6) is 1.93. The highest BCUT2D eigenvalue weighted by molar-refractivity contribution is 5.91. The predicted octanol–water partition coefficient (Wildman–Crippen LogP) is 4.03. The van der Waals surface area contributed by atoms with Gasteiger partial charge < -0.3 is 24.8 Å². The van der Waals surface area contributed by atoms with Crippen molar-refractivity contribution in [3.05, 3.63) is 47.5 Å². The molecule has 0 aromatic heterocycles. The number of carbonyl (C=O) groups excluding carboxylic acids is 1. The maximum atomic E-state index is 12.2. The number of hydrogen-bond donors (Lipinski definition) is 2. The minimum atomic E-state index is -0.238. The van der Waals surface area contributed by atoms with Crippen molar-refractivity contribution >= 4 is 11.7 Å². The van der Waals surface area contributed by atoms with Gasteiger partial charge in [-0.1, -0.05) is 32.0 Å². The van der Waals surface area contributed by atoms with E-state index in [0.717, 1.165) is 29.7 Å². The Hall–Kier alpha value is -2.89. The topological polar surface area (TPSA) is 68.8 Å². The van der Waals surface area contributed by atoms with Crippen LogP contribution in [-0.4, -0.2) is 33.4 Å². The van der Waals surface area contributed by atoms with Crippen LogP contribution in [0.3, 0.4) is 0 Å². The van der Waals surface area contributed by atoms with Crippen molar-refractivity contribution in [3.63, 3.8) is 0 Å². The number of rotatable bonds is 9. The third-order valence-electron chi connectivity index (χ3n) is 4.22. The number of urea groups is 1. The number of benzene rings is 2. The van der Waals surface area contributed by atoms with Gasteiger partial charge >= 0.3 is 6.03 Å². The standard InChI is InChI=1S/C21H28N2O4/c1-5-15-8-7-9-16(6-2)20(15)23-21(24)22-10-11-27-19-13-17(25-3)12-18(14-19)26-4/h7-9,12-14H,5-6,10-11H2,1-4H3,(H2,22,23,24). The molecule has 2 aromatic rings. The molecule has 6 nitrogen and oxygen atoms in total. The van der Waals surface area contributed by atoms with Gasteiger partial charge in [-0.3, -0.25) is 0 Å². The fourth-order valence-electron chi connectivity index (χ4n) is 2.76. The molecule has 2 N–H and O–H groups in total. The zero-order valence-corrected chi connectivity index (χ0v) is 16.4. The largest absolute Gasteiger partial charge is 0.496 e. The van der Waals surface area contributed by atoms with Gasteiger partial charge in [0.25, 0.3) is 0 Å². The molecule has 0 atom stereocenters. The molecule has 0 unspecified atom stereocenters. The lowest BCUT2D eigenvalue weighted by Crippen LogP contribution is -2.32. The number of para-hydroxylation sites is 1. The molecule has 27 heavy (non-hydrogen) atoms. The molecule has 2 rings (SSSR count). The van der Waals surface area contributed by atoms with Gasteiger partial charge in [0, 0.05) is 23.9 Å².